The summed E-state index contributed by atoms with van der Waals surface area (Å²) >= 11 is 0. The van der Waals surface area contributed by atoms with Crippen molar-refractivity contribution in [2.24, 2.45) is 0 Å². The zero-order chi connectivity index (χ0) is 18.1. The number of amides is 2. The van der Waals surface area contributed by atoms with Crippen LogP contribution in [-0.2, 0) is 11.3 Å². The van der Waals surface area contributed by atoms with Gasteiger partial charge in [0.25, 0.3) is 5.91 Å². The van der Waals surface area contributed by atoms with Crippen molar-refractivity contribution < 1.29 is 14.3 Å². The molecule has 5 nitrogen and oxygen atoms in total. The summed E-state index contributed by atoms with van der Waals surface area (Å²) in [7, 11) is 3.40. The molecule has 0 saturated heterocycles. The minimum Gasteiger partial charge on any atom is -0.497 e. The molecule has 2 rings (SSSR count). The molecule has 25 heavy (non-hydrogen) atoms. The van der Waals surface area contributed by atoms with Gasteiger partial charge in [-0.2, -0.15) is 0 Å². The Kier molecular flexibility index (Phi) is 7.01. The van der Waals surface area contributed by atoms with Crippen molar-refractivity contribution in [2.45, 2.75) is 19.4 Å². The largest absolute Gasteiger partial charge is 0.497 e. The summed E-state index contributed by atoms with van der Waals surface area (Å²) in [6.07, 6.45) is 1.01. The van der Waals surface area contributed by atoms with Crippen LogP contribution < -0.4 is 10.1 Å². The molecule has 0 spiro atoms. The number of ether oxygens (including phenoxy) is 1. The molecular formula is C20H24N2O3. The Hall–Kier alpha value is -2.82. The van der Waals surface area contributed by atoms with Crippen molar-refractivity contribution in [3.05, 3.63) is 65.7 Å². The van der Waals surface area contributed by atoms with Crippen molar-refractivity contribution in [3.8, 4) is 5.75 Å². The lowest BCUT2D eigenvalue weighted by molar-refractivity contribution is -0.130. The third-order valence-electron chi connectivity index (χ3n) is 3.87. The minimum atomic E-state index is -0.113. The number of methoxy groups -OCH3 is 1. The van der Waals surface area contributed by atoms with Crippen LogP contribution in [0.3, 0.4) is 0 Å². The van der Waals surface area contributed by atoms with Gasteiger partial charge in [0, 0.05) is 32.1 Å². The summed E-state index contributed by atoms with van der Waals surface area (Å²) in [5.41, 5.74) is 1.65. The monoisotopic (exact) mass is 340 g/mol. The molecule has 0 aliphatic carbocycles. The molecule has 2 aromatic carbocycles. The number of benzene rings is 2. The van der Waals surface area contributed by atoms with Gasteiger partial charge in [0.1, 0.15) is 5.75 Å². The smallest absolute Gasteiger partial charge is 0.251 e. The Balaban J connectivity index is 1.71. The summed E-state index contributed by atoms with van der Waals surface area (Å²) in [6.45, 7) is 1.01. The second-order valence-corrected chi connectivity index (χ2v) is 5.83. The normalized spacial score (nSPS) is 10.2. The number of hydrogen-bond acceptors (Lipinski definition) is 3. The maximum Gasteiger partial charge on any atom is 0.251 e. The number of nitrogens with zero attached hydrogens (tertiary/aromatic N) is 1. The van der Waals surface area contributed by atoms with E-state index in [1.165, 1.54) is 0 Å². The van der Waals surface area contributed by atoms with Gasteiger partial charge in [-0.05, 0) is 36.2 Å². The van der Waals surface area contributed by atoms with Crippen molar-refractivity contribution in [3.63, 3.8) is 0 Å². The Morgan fingerprint density at radius 1 is 1.08 bits per heavy atom. The van der Waals surface area contributed by atoms with Crippen molar-refractivity contribution in [2.75, 3.05) is 20.7 Å². The second kappa shape index (κ2) is 9.47. The molecule has 0 radical (unpaired) electrons. The van der Waals surface area contributed by atoms with Gasteiger partial charge in [-0.25, -0.2) is 0 Å². The lowest BCUT2D eigenvalue weighted by Crippen LogP contribution is -2.28. The van der Waals surface area contributed by atoms with Gasteiger partial charge in [0.05, 0.1) is 7.11 Å². The van der Waals surface area contributed by atoms with Crippen LogP contribution in [-0.4, -0.2) is 37.4 Å². The molecule has 0 fully saturated rings. The van der Waals surface area contributed by atoms with Gasteiger partial charge < -0.3 is 15.0 Å². The van der Waals surface area contributed by atoms with Gasteiger partial charge in [0.15, 0.2) is 0 Å². The Morgan fingerprint density at radius 3 is 2.56 bits per heavy atom. The molecular weight excluding hydrogens is 316 g/mol. The van der Waals surface area contributed by atoms with Gasteiger partial charge >= 0.3 is 0 Å². The van der Waals surface area contributed by atoms with Crippen LogP contribution >= 0.6 is 0 Å². The van der Waals surface area contributed by atoms with E-state index in [2.05, 4.69) is 5.32 Å². The van der Waals surface area contributed by atoms with Gasteiger partial charge in [-0.3, -0.25) is 9.59 Å². The first-order chi connectivity index (χ1) is 12.1. The zero-order valence-electron chi connectivity index (χ0n) is 14.7. The molecule has 0 aliphatic rings. The number of rotatable bonds is 8. The third kappa shape index (κ3) is 5.95. The molecule has 132 valence electrons. The molecule has 5 heteroatoms. The summed E-state index contributed by atoms with van der Waals surface area (Å²) in [4.78, 5) is 25.8. The average molecular weight is 340 g/mol. The van der Waals surface area contributed by atoms with Crippen LogP contribution in [0, 0.1) is 0 Å². The predicted molar refractivity (Wildman–Crippen MR) is 97.5 cm³/mol. The first-order valence-electron chi connectivity index (χ1n) is 8.30. The highest BCUT2D eigenvalue weighted by Crippen LogP contribution is 2.14. The van der Waals surface area contributed by atoms with Crippen molar-refractivity contribution >= 4 is 11.8 Å². The van der Waals surface area contributed by atoms with Gasteiger partial charge in [0.2, 0.25) is 5.91 Å². The maximum atomic E-state index is 12.2. The fraction of sp³-hybridized carbons (Fsp3) is 0.300. The number of hydrogen-bond donors (Lipinski definition) is 1. The number of carbonyl (C=O) groups excluding carboxylic acids is 2. The SMILES string of the molecule is COc1cccc(CN(C)C(=O)CCCNC(=O)c2ccccc2)c1. The Bertz CT molecular complexity index is 701. The Morgan fingerprint density at radius 2 is 1.84 bits per heavy atom. The summed E-state index contributed by atoms with van der Waals surface area (Å²) < 4.78 is 5.19. The highest BCUT2D eigenvalue weighted by Gasteiger charge is 2.10. The second-order valence-electron chi connectivity index (χ2n) is 5.83. The molecule has 0 bridgehead atoms. The van der Waals surface area contributed by atoms with E-state index in [-0.39, 0.29) is 11.8 Å². The van der Waals surface area contributed by atoms with Crippen LogP contribution in [0.2, 0.25) is 0 Å². The molecule has 2 amide bonds. The van der Waals surface area contributed by atoms with E-state index in [1.54, 1.807) is 31.2 Å². The number of carbonyl (C=O) groups is 2. The average Bonchev–Trinajstić information content (AvgIpc) is 2.65. The van der Waals surface area contributed by atoms with E-state index in [9.17, 15) is 9.59 Å². The van der Waals surface area contributed by atoms with Crippen molar-refractivity contribution in [1.82, 2.24) is 10.2 Å². The van der Waals surface area contributed by atoms with E-state index in [1.807, 2.05) is 42.5 Å². The summed E-state index contributed by atoms with van der Waals surface area (Å²) in [6, 6.07) is 16.7. The van der Waals surface area contributed by atoms with E-state index in [0.717, 1.165) is 11.3 Å². The first-order valence-corrected chi connectivity index (χ1v) is 8.30. The summed E-state index contributed by atoms with van der Waals surface area (Å²) in [5, 5.41) is 2.83. The molecule has 0 saturated carbocycles. The standard InChI is InChI=1S/C20H24N2O3/c1-22(15-16-8-6-11-18(14-16)25-2)19(23)12-7-13-21-20(24)17-9-4-3-5-10-17/h3-6,8-11,14H,7,12-13,15H2,1-2H3,(H,21,24). The van der Waals surface area contributed by atoms with Crippen LogP contribution in [0.1, 0.15) is 28.8 Å². The van der Waals surface area contributed by atoms with E-state index >= 15 is 0 Å². The molecule has 0 aromatic heterocycles. The molecule has 0 unspecified atom stereocenters. The predicted octanol–water partition coefficient (Wildman–Crippen LogP) is 2.86. The maximum absolute atomic E-state index is 12.2. The minimum absolute atomic E-state index is 0.0526. The number of nitrogens with one attached hydrogen (secondary N) is 1. The molecule has 0 atom stereocenters. The molecule has 1 N–H and O–H groups in total. The lowest BCUT2D eigenvalue weighted by Gasteiger charge is -2.17. The Labute approximate surface area is 148 Å². The van der Waals surface area contributed by atoms with Gasteiger partial charge in [-0.1, -0.05) is 30.3 Å². The van der Waals surface area contributed by atoms with Crippen molar-refractivity contribution in [1.29, 1.82) is 0 Å². The van der Waals surface area contributed by atoms with E-state index in [4.69, 9.17) is 4.74 Å². The van der Waals surface area contributed by atoms with E-state index < -0.39 is 0 Å². The molecule has 2 aromatic rings. The summed E-state index contributed by atoms with van der Waals surface area (Å²) in [5.74, 6) is 0.719. The fourth-order valence-corrected chi connectivity index (χ4v) is 2.46. The van der Waals surface area contributed by atoms with Crippen LogP contribution in [0.4, 0.5) is 0 Å². The van der Waals surface area contributed by atoms with Crippen LogP contribution in [0.15, 0.2) is 54.6 Å². The topological polar surface area (TPSA) is 58.6 Å². The van der Waals surface area contributed by atoms with Crippen LogP contribution in [0.5, 0.6) is 5.75 Å². The quantitative estimate of drug-likeness (QED) is 0.752. The molecule has 0 aliphatic heterocycles. The van der Waals surface area contributed by atoms with Crippen LogP contribution in [0.25, 0.3) is 0 Å². The highest BCUT2D eigenvalue weighted by molar-refractivity contribution is 5.94. The lowest BCUT2D eigenvalue weighted by atomic mass is 10.2. The molecule has 0 heterocycles. The first kappa shape index (κ1) is 18.5. The highest BCUT2D eigenvalue weighted by atomic mass is 16.5. The van der Waals surface area contributed by atoms with Gasteiger partial charge in [-0.15, -0.1) is 0 Å². The zero-order valence-corrected chi connectivity index (χ0v) is 14.7. The van der Waals surface area contributed by atoms with E-state index in [0.29, 0.717) is 31.5 Å². The fourth-order valence-electron chi connectivity index (χ4n) is 2.46. The third-order valence-corrected chi connectivity index (χ3v) is 3.87.